The molecule has 35 heavy (non-hydrogen) atoms. The molecule has 3 fully saturated rings. The van der Waals surface area contributed by atoms with E-state index in [0.717, 1.165) is 12.8 Å². The summed E-state index contributed by atoms with van der Waals surface area (Å²) in [6.45, 7) is 25.5. The Morgan fingerprint density at radius 2 is 1.49 bits per heavy atom. The monoisotopic (exact) mass is 518 g/mol. The molecular weight excluding hydrogens is 464 g/mol. The molecule has 3 rings (SSSR count). The first-order valence-corrected chi connectivity index (χ1v) is 20.1. The molecule has 0 aromatic carbocycles. The van der Waals surface area contributed by atoms with Gasteiger partial charge in [0, 0.05) is 17.8 Å². The van der Waals surface area contributed by atoms with E-state index < -0.39 is 16.6 Å². The summed E-state index contributed by atoms with van der Waals surface area (Å²) in [5.41, 5.74) is -0.201. The number of ketones is 1. The Morgan fingerprint density at radius 1 is 0.914 bits per heavy atom. The van der Waals surface area contributed by atoms with E-state index in [1.54, 1.807) is 0 Å². The second-order valence-electron chi connectivity index (χ2n) is 15.1. The van der Waals surface area contributed by atoms with Gasteiger partial charge in [-0.25, -0.2) is 0 Å². The molecule has 0 amide bonds. The first-order valence-electron chi connectivity index (χ1n) is 14.3. The molecule has 0 bridgehead atoms. The van der Waals surface area contributed by atoms with Gasteiger partial charge in [0.15, 0.2) is 16.6 Å². The number of carbonyl (C=O) groups is 1. The van der Waals surface area contributed by atoms with Crippen molar-refractivity contribution in [1.82, 2.24) is 0 Å². The Hall–Kier alpha value is -0.416. The first-order chi connectivity index (χ1) is 15.9. The van der Waals surface area contributed by atoms with Crippen molar-refractivity contribution in [3.8, 4) is 11.8 Å². The van der Waals surface area contributed by atoms with Crippen LogP contribution < -0.4 is 0 Å². The van der Waals surface area contributed by atoms with Gasteiger partial charge in [0.05, 0.1) is 6.10 Å². The molecule has 3 aliphatic rings. The Labute approximate surface area is 219 Å². The molecule has 3 saturated carbocycles. The highest BCUT2D eigenvalue weighted by Crippen LogP contribution is 2.56. The summed E-state index contributed by atoms with van der Waals surface area (Å²) < 4.78 is 14.0. The lowest BCUT2D eigenvalue weighted by molar-refractivity contribution is -0.156. The normalized spacial score (nSPS) is 31.7. The Bertz CT molecular complexity index is 832. The predicted molar refractivity (Wildman–Crippen MR) is 152 cm³/mol. The highest BCUT2D eigenvalue weighted by atomic mass is 28.4. The molecule has 0 N–H and O–H groups in total. The van der Waals surface area contributed by atoms with Gasteiger partial charge in [-0.1, -0.05) is 79.6 Å². The number of rotatable bonds is 5. The third-order valence-electron chi connectivity index (χ3n) is 10.6. The van der Waals surface area contributed by atoms with Gasteiger partial charge in [-0.3, -0.25) is 4.79 Å². The Morgan fingerprint density at radius 3 is 2.00 bits per heavy atom. The van der Waals surface area contributed by atoms with Crippen molar-refractivity contribution in [3.63, 3.8) is 0 Å². The van der Waals surface area contributed by atoms with Gasteiger partial charge in [0.1, 0.15) is 11.9 Å². The van der Waals surface area contributed by atoms with Crippen LogP contribution in [0.5, 0.6) is 0 Å². The zero-order valence-electron chi connectivity index (χ0n) is 24.8. The zero-order chi connectivity index (χ0) is 26.4. The maximum absolute atomic E-state index is 12.7. The van der Waals surface area contributed by atoms with Gasteiger partial charge in [-0.2, -0.15) is 0 Å². The summed E-state index contributed by atoms with van der Waals surface area (Å²) in [5, 5.41) is 0.330. The van der Waals surface area contributed by atoms with Crippen LogP contribution in [0.15, 0.2) is 0 Å². The molecule has 0 radical (unpaired) electrons. The van der Waals surface area contributed by atoms with Crippen LogP contribution in [0.2, 0.25) is 36.3 Å². The molecular formula is C30H54O3Si2. The number of hydrogen-bond acceptors (Lipinski definition) is 3. The fourth-order valence-electron chi connectivity index (χ4n) is 5.70. The van der Waals surface area contributed by atoms with Crippen molar-refractivity contribution in [1.29, 1.82) is 0 Å². The van der Waals surface area contributed by atoms with Gasteiger partial charge in [0.2, 0.25) is 0 Å². The summed E-state index contributed by atoms with van der Waals surface area (Å²) >= 11 is 0. The molecule has 5 heteroatoms. The third kappa shape index (κ3) is 6.02. The minimum Gasteiger partial charge on any atom is -0.413 e. The number of carbonyl (C=O) groups excluding carboxylic acids is 1. The standard InChI is InChI=1S/C30H54O3Si2/c1-28(2,3)34(8,9)32-25(22-15-13-12-14-16-22)18-17-23-24-21-27(31)30(24,7)20-19-26(23)33-35(10,11)29(4,5)6/h22-26H,12-16,19-21H2,1-11H3/t23-,24+,25-,26-,30+/m1/s1. The quantitative estimate of drug-likeness (QED) is 0.271. The third-order valence-corrected chi connectivity index (χ3v) is 19.6. The van der Waals surface area contributed by atoms with Crippen LogP contribution in [-0.2, 0) is 13.6 Å². The number of hydrogen-bond donors (Lipinski definition) is 0. The minimum atomic E-state index is -1.94. The van der Waals surface area contributed by atoms with Crippen molar-refractivity contribution >= 4 is 22.4 Å². The van der Waals surface area contributed by atoms with Gasteiger partial charge in [-0.15, -0.1) is 0 Å². The summed E-state index contributed by atoms with van der Waals surface area (Å²) in [6, 6.07) is 0. The molecule has 5 atom stereocenters. The van der Waals surface area contributed by atoms with Crippen LogP contribution in [0.25, 0.3) is 0 Å². The Balaban J connectivity index is 1.93. The van der Waals surface area contributed by atoms with Gasteiger partial charge in [0.25, 0.3) is 0 Å². The number of fused-ring (bicyclic) bond motifs is 1. The fourth-order valence-corrected chi connectivity index (χ4v) is 8.31. The van der Waals surface area contributed by atoms with E-state index in [9.17, 15) is 4.79 Å². The summed E-state index contributed by atoms with van der Waals surface area (Å²) in [6.07, 6.45) is 9.07. The fraction of sp³-hybridized carbons (Fsp3) is 0.900. The highest BCUT2D eigenvalue weighted by molar-refractivity contribution is 6.74. The maximum Gasteiger partial charge on any atom is 0.193 e. The van der Waals surface area contributed by atoms with Gasteiger partial charge < -0.3 is 8.85 Å². The second-order valence-corrected chi connectivity index (χ2v) is 24.6. The lowest BCUT2D eigenvalue weighted by Gasteiger charge is -2.55. The topological polar surface area (TPSA) is 35.5 Å². The molecule has 200 valence electrons. The largest absolute Gasteiger partial charge is 0.413 e. The summed E-state index contributed by atoms with van der Waals surface area (Å²) in [7, 11) is -3.87. The van der Waals surface area contributed by atoms with E-state index in [0.29, 0.717) is 24.0 Å². The first kappa shape index (κ1) is 29.1. The summed E-state index contributed by atoms with van der Waals surface area (Å²) in [5.74, 6) is 8.95. The van der Waals surface area contributed by atoms with Crippen LogP contribution in [0.1, 0.15) is 99.8 Å². The van der Waals surface area contributed by atoms with Crippen molar-refractivity contribution in [3.05, 3.63) is 0 Å². The van der Waals surface area contributed by atoms with E-state index in [-0.39, 0.29) is 33.6 Å². The molecule has 0 aromatic heterocycles. The Kier molecular flexibility index (Phi) is 8.36. The van der Waals surface area contributed by atoms with Crippen LogP contribution in [0, 0.1) is 35.0 Å². The smallest absolute Gasteiger partial charge is 0.193 e. The molecule has 3 aliphatic carbocycles. The molecule has 0 unspecified atom stereocenters. The van der Waals surface area contributed by atoms with E-state index >= 15 is 0 Å². The number of Topliss-reactive ketones (excluding diaryl/α,β-unsaturated/α-hetero) is 1. The summed E-state index contributed by atoms with van der Waals surface area (Å²) in [4.78, 5) is 12.7. The van der Waals surface area contributed by atoms with Crippen molar-refractivity contribution in [2.24, 2.45) is 23.2 Å². The minimum absolute atomic E-state index is 0.00803. The lowest BCUT2D eigenvalue weighted by atomic mass is 9.50. The van der Waals surface area contributed by atoms with Crippen molar-refractivity contribution < 1.29 is 13.6 Å². The van der Waals surface area contributed by atoms with Gasteiger partial charge >= 0.3 is 0 Å². The van der Waals surface area contributed by atoms with E-state index in [4.69, 9.17) is 8.85 Å². The molecule has 0 spiro atoms. The molecule has 3 nitrogen and oxygen atoms in total. The van der Waals surface area contributed by atoms with Crippen LogP contribution in [0.3, 0.4) is 0 Å². The SMILES string of the molecule is CC(C)(C)[Si](C)(C)O[C@H](C#C[C@H]1[C@H](O[Si](C)(C)C(C)(C)C)CC[C@]2(C)C(=O)C[C@@H]12)C1CCCCC1. The maximum atomic E-state index is 12.7. The second kappa shape index (κ2) is 10.0. The van der Waals surface area contributed by atoms with Crippen molar-refractivity contribution in [2.45, 2.75) is 148 Å². The molecule has 0 aliphatic heterocycles. The van der Waals surface area contributed by atoms with Gasteiger partial charge in [-0.05, 0) is 73.8 Å². The average molecular weight is 519 g/mol. The van der Waals surface area contributed by atoms with E-state index in [1.165, 1.54) is 32.1 Å². The van der Waals surface area contributed by atoms with Crippen molar-refractivity contribution in [2.75, 3.05) is 0 Å². The van der Waals surface area contributed by atoms with Crippen LogP contribution >= 0.6 is 0 Å². The molecule has 0 aromatic rings. The zero-order valence-corrected chi connectivity index (χ0v) is 26.8. The molecule has 0 saturated heterocycles. The van der Waals surface area contributed by atoms with Crippen LogP contribution in [0.4, 0.5) is 0 Å². The lowest BCUT2D eigenvalue weighted by Crippen LogP contribution is -2.59. The van der Waals surface area contributed by atoms with E-state index in [2.05, 4.69) is 86.5 Å². The average Bonchev–Trinajstić information content (AvgIpc) is 2.73. The van der Waals surface area contributed by atoms with Crippen LogP contribution in [-0.4, -0.2) is 34.6 Å². The van der Waals surface area contributed by atoms with E-state index in [1.807, 2.05) is 0 Å². The highest BCUT2D eigenvalue weighted by Gasteiger charge is 2.59. The molecule has 0 heterocycles. The predicted octanol–water partition coefficient (Wildman–Crippen LogP) is 8.36.